The standard InChI is InChI=1S/C21H20N2O2S/c1-13-8-14(2)10-18(9-13)20-22-23-21(25-20)26-12-19(24)17-7-6-15-4-3-5-16(15)11-17/h6-11H,3-5,12H2,1-2H3. The summed E-state index contributed by atoms with van der Waals surface area (Å²) in [6.07, 6.45) is 3.39. The molecule has 0 radical (unpaired) electrons. The molecule has 0 unspecified atom stereocenters. The van der Waals surface area contributed by atoms with Crippen LogP contribution >= 0.6 is 11.8 Å². The average Bonchev–Trinajstić information content (AvgIpc) is 3.27. The Hall–Kier alpha value is -2.40. The van der Waals surface area contributed by atoms with Crippen molar-refractivity contribution in [2.24, 2.45) is 0 Å². The largest absolute Gasteiger partial charge is 0.411 e. The third-order valence-corrected chi connectivity index (χ3v) is 5.44. The Morgan fingerprint density at radius 2 is 1.81 bits per heavy atom. The van der Waals surface area contributed by atoms with Crippen LogP contribution in [0.3, 0.4) is 0 Å². The zero-order valence-electron chi connectivity index (χ0n) is 14.9. The van der Waals surface area contributed by atoms with Crippen molar-refractivity contribution < 1.29 is 9.21 Å². The highest BCUT2D eigenvalue weighted by atomic mass is 32.2. The number of carbonyl (C=O) groups is 1. The fourth-order valence-corrected chi connectivity index (χ4v) is 4.10. The van der Waals surface area contributed by atoms with Gasteiger partial charge in [-0.1, -0.05) is 41.1 Å². The number of hydrogen-bond donors (Lipinski definition) is 0. The van der Waals surface area contributed by atoms with Crippen molar-refractivity contribution in [2.45, 2.75) is 38.3 Å². The summed E-state index contributed by atoms with van der Waals surface area (Å²) in [6.45, 7) is 4.08. The van der Waals surface area contributed by atoms with Crippen molar-refractivity contribution in [3.05, 3.63) is 64.2 Å². The first-order valence-corrected chi connectivity index (χ1v) is 9.77. The van der Waals surface area contributed by atoms with Crippen LogP contribution in [0.5, 0.6) is 0 Å². The van der Waals surface area contributed by atoms with E-state index in [0.29, 0.717) is 16.9 Å². The number of Topliss-reactive ketones (excluding diaryl/α,β-unsaturated/α-hetero) is 1. The van der Waals surface area contributed by atoms with Crippen LogP contribution < -0.4 is 0 Å². The van der Waals surface area contributed by atoms with Crippen molar-refractivity contribution in [1.29, 1.82) is 0 Å². The predicted molar refractivity (Wildman–Crippen MR) is 103 cm³/mol. The van der Waals surface area contributed by atoms with Crippen LogP contribution in [0, 0.1) is 13.8 Å². The summed E-state index contributed by atoms with van der Waals surface area (Å²) in [4.78, 5) is 12.5. The van der Waals surface area contributed by atoms with Gasteiger partial charge in [0.15, 0.2) is 5.78 Å². The second-order valence-corrected chi connectivity index (χ2v) is 7.72. The highest BCUT2D eigenvalue weighted by Crippen LogP contribution is 2.27. The van der Waals surface area contributed by atoms with Gasteiger partial charge in [0.25, 0.3) is 5.22 Å². The number of carbonyl (C=O) groups excluding carboxylic acids is 1. The van der Waals surface area contributed by atoms with Gasteiger partial charge in [0.05, 0.1) is 5.75 Å². The third kappa shape index (κ3) is 3.58. The fraction of sp³-hybridized carbons (Fsp3) is 0.286. The van der Waals surface area contributed by atoms with Gasteiger partial charge in [-0.15, -0.1) is 10.2 Å². The van der Waals surface area contributed by atoms with Crippen molar-refractivity contribution in [1.82, 2.24) is 10.2 Å². The van der Waals surface area contributed by atoms with Crippen LogP contribution in [0.25, 0.3) is 11.5 Å². The molecular weight excluding hydrogens is 344 g/mol. The summed E-state index contributed by atoms with van der Waals surface area (Å²) >= 11 is 1.29. The molecule has 0 N–H and O–H groups in total. The molecule has 0 aliphatic heterocycles. The van der Waals surface area contributed by atoms with Crippen LogP contribution in [0.1, 0.15) is 39.0 Å². The number of aromatic nitrogens is 2. The molecule has 1 aliphatic rings. The van der Waals surface area contributed by atoms with Gasteiger partial charge in [-0.2, -0.15) is 0 Å². The summed E-state index contributed by atoms with van der Waals surface area (Å²) in [5.41, 5.74) is 6.68. The molecule has 0 fully saturated rings. The normalized spacial score (nSPS) is 13.0. The van der Waals surface area contributed by atoms with E-state index in [0.717, 1.165) is 35.1 Å². The molecule has 0 saturated carbocycles. The summed E-state index contributed by atoms with van der Waals surface area (Å²) in [6, 6.07) is 12.2. The number of ketones is 1. The van der Waals surface area contributed by atoms with E-state index in [4.69, 9.17) is 4.42 Å². The molecule has 0 atom stereocenters. The molecule has 132 valence electrons. The molecule has 2 aromatic carbocycles. The molecular formula is C21H20N2O2S. The van der Waals surface area contributed by atoms with Crippen molar-refractivity contribution in [3.8, 4) is 11.5 Å². The third-order valence-electron chi connectivity index (χ3n) is 4.62. The van der Waals surface area contributed by atoms with Gasteiger partial charge in [-0.05, 0) is 62.4 Å². The summed E-state index contributed by atoms with van der Waals surface area (Å²) in [7, 11) is 0. The van der Waals surface area contributed by atoms with E-state index in [1.54, 1.807) is 0 Å². The van der Waals surface area contributed by atoms with E-state index < -0.39 is 0 Å². The Balaban J connectivity index is 1.44. The van der Waals surface area contributed by atoms with E-state index >= 15 is 0 Å². The Kier molecular flexibility index (Phi) is 4.64. The van der Waals surface area contributed by atoms with Crippen LogP contribution in [-0.2, 0) is 12.8 Å². The Morgan fingerprint density at radius 1 is 1.04 bits per heavy atom. The van der Waals surface area contributed by atoms with Gasteiger partial charge < -0.3 is 4.42 Å². The van der Waals surface area contributed by atoms with E-state index in [2.05, 4.69) is 22.3 Å². The number of nitrogens with zero attached hydrogens (tertiary/aromatic N) is 2. The lowest BCUT2D eigenvalue weighted by Crippen LogP contribution is -2.03. The van der Waals surface area contributed by atoms with Crippen molar-refractivity contribution in [3.63, 3.8) is 0 Å². The lowest BCUT2D eigenvalue weighted by molar-refractivity contribution is 0.102. The molecule has 26 heavy (non-hydrogen) atoms. The molecule has 0 bridgehead atoms. The molecule has 3 aromatic rings. The number of hydrogen-bond acceptors (Lipinski definition) is 5. The molecule has 1 heterocycles. The summed E-state index contributed by atoms with van der Waals surface area (Å²) in [5, 5.41) is 8.61. The fourth-order valence-electron chi connectivity index (χ4n) is 3.44. The van der Waals surface area contributed by atoms with Crippen molar-refractivity contribution in [2.75, 3.05) is 5.75 Å². The molecule has 1 aliphatic carbocycles. The van der Waals surface area contributed by atoms with Gasteiger partial charge in [0, 0.05) is 11.1 Å². The molecule has 4 rings (SSSR count). The number of benzene rings is 2. The molecule has 4 nitrogen and oxygen atoms in total. The minimum atomic E-state index is 0.0934. The highest BCUT2D eigenvalue weighted by Gasteiger charge is 2.16. The summed E-state index contributed by atoms with van der Waals surface area (Å²) in [5.74, 6) is 0.882. The molecule has 0 amide bonds. The second-order valence-electron chi connectivity index (χ2n) is 6.80. The Morgan fingerprint density at radius 3 is 2.62 bits per heavy atom. The number of aryl methyl sites for hydroxylation is 4. The zero-order chi connectivity index (χ0) is 18.1. The Labute approximate surface area is 157 Å². The monoisotopic (exact) mass is 364 g/mol. The molecule has 0 saturated heterocycles. The molecule has 0 spiro atoms. The summed E-state index contributed by atoms with van der Waals surface area (Å²) < 4.78 is 5.73. The predicted octanol–water partition coefficient (Wildman–Crippen LogP) is 4.82. The molecule has 5 heteroatoms. The van der Waals surface area contributed by atoms with Crippen LogP contribution in [0.15, 0.2) is 46.0 Å². The van der Waals surface area contributed by atoms with Gasteiger partial charge >= 0.3 is 0 Å². The van der Waals surface area contributed by atoms with Gasteiger partial charge in [-0.25, -0.2) is 0 Å². The van der Waals surface area contributed by atoms with E-state index in [-0.39, 0.29) is 5.78 Å². The smallest absolute Gasteiger partial charge is 0.277 e. The van der Waals surface area contributed by atoms with Crippen molar-refractivity contribution >= 4 is 17.5 Å². The maximum atomic E-state index is 12.5. The number of thioether (sulfide) groups is 1. The van der Waals surface area contributed by atoms with Gasteiger partial charge in [0.1, 0.15) is 0 Å². The molecule has 1 aromatic heterocycles. The van der Waals surface area contributed by atoms with Crippen LogP contribution in [-0.4, -0.2) is 21.7 Å². The van der Waals surface area contributed by atoms with Gasteiger partial charge in [-0.3, -0.25) is 4.79 Å². The minimum Gasteiger partial charge on any atom is -0.411 e. The average molecular weight is 364 g/mol. The van der Waals surface area contributed by atoms with E-state index in [9.17, 15) is 4.79 Å². The maximum Gasteiger partial charge on any atom is 0.277 e. The van der Waals surface area contributed by atoms with Gasteiger partial charge in [0.2, 0.25) is 5.89 Å². The first-order chi connectivity index (χ1) is 12.6. The topological polar surface area (TPSA) is 56.0 Å². The first kappa shape index (κ1) is 17.0. The number of fused-ring (bicyclic) bond motifs is 1. The minimum absolute atomic E-state index is 0.0934. The number of rotatable bonds is 5. The van der Waals surface area contributed by atoms with E-state index in [1.165, 1.54) is 29.3 Å². The van der Waals surface area contributed by atoms with E-state index in [1.807, 2.05) is 38.1 Å². The quantitative estimate of drug-likeness (QED) is 0.480. The second kappa shape index (κ2) is 7.08. The highest BCUT2D eigenvalue weighted by molar-refractivity contribution is 7.99. The zero-order valence-corrected chi connectivity index (χ0v) is 15.7. The Bertz CT molecular complexity index is 958. The van der Waals surface area contributed by atoms with Crippen LogP contribution in [0.4, 0.5) is 0 Å². The first-order valence-electron chi connectivity index (χ1n) is 8.78. The lowest BCUT2D eigenvalue weighted by atomic mass is 10.0. The maximum absolute atomic E-state index is 12.5. The SMILES string of the molecule is Cc1cc(C)cc(-c2nnc(SCC(=O)c3ccc4c(c3)CCC4)o2)c1. The lowest BCUT2D eigenvalue weighted by Gasteiger charge is -2.03. The van der Waals surface area contributed by atoms with Crippen LogP contribution in [0.2, 0.25) is 0 Å².